The highest BCUT2D eigenvalue weighted by Crippen LogP contribution is 2.07. The number of carboxylic acid groups (broad SMARTS) is 1. The van der Waals surface area contributed by atoms with Crippen molar-refractivity contribution in [2.45, 2.75) is 38.1 Å². The Morgan fingerprint density at radius 2 is 2.06 bits per heavy atom. The van der Waals surface area contributed by atoms with Gasteiger partial charge in [0.05, 0.1) is 6.61 Å². The fraction of sp³-hybridized carbons (Fsp3) is 0.636. The molecule has 0 unspecified atom stereocenters. The molecule has 0 heterocycles. The summed E-state index contributed by atoms with van der Waals surface area (Å²) in [5.74, 6) is -1.09. The van der Waals surface area contributed by atoms with Crippen LogP contribution in [0.5, 0.6) is 0 Å². The van der Waals surface area contributed by atoms with E-state index in [0.29, 0.717) is 6.61 Å². The summed E-state index contributed by atoms with van der Waals surface area (Å²) < 4.78 is 4.93. The number of hydrogen-bond donors (Lipinski definition) is 2. The Hall–Kier alpha value is -1.30. The van der Waals surface area contributed by atoms with Gasteiger partial charge in [-0.3, -0.25) is 0 Å². The lowest BCUT2D eigenvalue weighted by atomic mass is 10.2. The van der Waals surface area contributed by atoms with Crippen LogP contribution in [0.2, 0.25) is 25.7 Å². The van der Waals surface area contributed by atoms with Gasteiger partial charge < -0.3 is 15.2 Å². The van der Waals surface area contributed by atoms with Crippen molar-refractivity contribution in [3.63, 3.8) is 0 Å². The third-order valence-corrected chi connectivity index (χ3v) is 3.78. The van der Waals surface area contributed by atoms with E-state index in [1.54, 1.807) is 0 Å². The van der Waals surface area contributed by atoms with Crippen LogP contribution in [0.15, 0.2) is 12.7 Å². The van der Waals surface area contributed by atoms with Gasteiger partial charge in [0.1, 0.15) is 6.04 Å². The molecule has 0 aliphatic carbocycles. The molecule has 0 aliphatic heterocycles. The van der Waals surface area contributed by atoms with E-state index in [1.165, 1.54) is 6.08 Å². The molecule has 0 aliphatic rings. The quantitative estimate of drug-likeness (QED) is 0.542. The van der Waals surface area contributed by atoms with Crippen molar-refractivity contribution in [3.8, 4) is 0 Å². The first-order valence-corrected chi connectivity index (χ1v) is 9.24. The SMILES string of the molecule is C=CC[C@H](NC(=O)OCC[Si](C)(C)C)C(=O)O. The van der Waals surface area contributed by atoms with E-state index in [2.05, 4.69) is 31.5 Å². The number of carbonyl (C=O) groups is 2. The highest BCUT2D eigenvalue weighted by Gasteiger charge is 2.19. The molecule has 0 bridgehead atoms. The fourth-order valence-corrected chi connectivity index (χ4v) is 1.74. The minimum atomic E-state index is -1.24. The molecule has 0 fully saturated rings. The zero-order valence-electron chi connectivity index (χ0n) is 10.7. The van der Waals surface area contributed by atoms with Crippen LogP contribution >= 0.6 is 0 Å². The lowest BCUT2D eigenvalue weighted by Gasteiger charge is -2.16. The van der Waals surface area contributed by atoms with Crippen molar-refractivity contribution in [3.05, 3.63) is 12.7 Å². The first kappa shape index (κ1) is 15.7. The van der Waals surface area contributed by atoms with Crippen molar-refractivity contribution >= 4 is 20.1 Å². The topological polar surface area (TPSA) is 75.6 Å². The lowest BCUT2D eigenvalue weighted by Crippen LogP contribution is -2.41. The smallest absolute Gasteiger partial charge is 0.407 e. The molecule has 98 valence electrons. The number of hydrogen-bond acceptors (Lipinski definition) is 3. The van der Waals surface area contributed by atoms with E-state index in [1.807, 2.05) is 0 Å². The first-order chi connectivity index (χ1) is 7.76. The molecule has 0 saturated heterocycles. The van der Waals surface area contributed by atoms with Gasteiger partial charge in [-0.2, -0.15) is 0 Å². The zero-order chi connectivity index (χ0) is 13.5. The van der Waals surface area contributed by atoms with Crippen LogP contribution in [0.1, 0.15) is 6.42 Å². The van der Waals surface area contributed by atoms with Crippen molar-refractivity contribution in [1.82, 2.24) is 5.32 Å². The van der Waals surface area contributed by atoms with Crippen LogP contribution < -0.4 is 5.32 Å². The molecule has 1 amide bonds. The first-order valence-electron chi connectivity index (χ1n) is 5.53. The number of amides is 1. The number of aliphatic carboxylic acids is 1. The number of alkyl carbamates (subject to hydrolysis) is 1. The predicted molar refractivity (Wildman–Crippen MR) is 68.9 cm³/mol. The Morgan fingerprint density at radius 3 is 2.47 bits per heavy atom. The minimum absolute atomic E-state index is 0.179. The van der Waals surface area contributed by atoms with Gasteiger partial charge in [-0.1, -0.05) is 25.7 Å². The zero-order valence-corrected chi connectivity index (χ0v) is 11.7. The Labute approximate surface area is 103 Å². The summed E-state index contributed by atoms with van der Waals surface area (Å²) in [4.78, 5) is 22.0. The molecule has 0 rings (SSSR count). The Bertz CT molecular complexity index is 286. The maximum absolute atomic E-state index is 11.3. The van der Waals surface area contributed by atoms with Crippen molar-refractivity contribution in [2.75, 3.05) is 6.61 Å². The van der Waals surface area contributed by atoms with E-state index >= 15 is 0 Å². The number of carboxylic acids is 1. The molecule has 6 heteroatoms. The van der Waals surface area contributed by atoms with Crippen molar-refractivity contribution < 1.29 is 19.4 Å². The minimum Gasteiger partial charge on any atom is -0.480 e. The van der Waals surface area contributed by atoms with E-state index in [-0.39, 0.29) is 6.42 Å². The molecular weight excluding hydrogens is 238 g/mol. The van der Waals surface area contributed by atoms with Crippen molar-refractivity contribution in [1.29, 1.82) is 0 Å². The third kappa shape index (κ3) is 8.50. The molecule has 0 spiro atoms. The van der Waals surface area contributed by atoms with E-state index in [4.69, 9.17) is 9.84 Å². The number of rotatable bonds is 7. The highest BCUT2D eigenvalue weighted by molar-refractivity contribution is 6.76. The molecule has 2 N–H and O–H groups in total. The average molecular weight is 259 g/mol. The summed E-state index contributed by atoms with van der Waals surface area (Å²) in [6.45, 7) is 10.3. The second kappa shape index (κ2) is 7.11. The molecule has 1 atom stereocenters. The summed E-state index contributed by atoms with van der Waals surface area (Å²) in [6, 6.07) is -0.105. The Balaban J connectivity index is 3.99. The van der Waals surface area contributed by atoms with Gasteiger partial charge in [-0.05, 0) is 12.5 Å². The standard InChI is InChI=1S/C11H21NO4Si/c1-5-6-9(10(13)14)12-11(15)16-7-8-17(2,3)4/h5,9H,1,6-8H2,2-4H3,(H,12,15)(H,13,14)/t9-/m0/s1. The number of ether oxygens (including phenoxy) is 1. The maximum atomic E-state index is 11.3. The summed E-state index contributed by atoms with van der Waals surface area (Å²) in [5.41, 5.74) is 0. The summed E-state index contributed by atoms with van der Waals surface area (Å²) in [5, 5.41) is 11.1. The molecule has 0 aromatic heterocycles. The van der Waals surface area contributed by atoms with Crippen LogP contribution in [0.3, 0.4) is 0 Å². The number of nitrogens with one attached hydrogen (secondary N) is 1. The van der Waals surface area contributed by atoms with Gasteiger partial charge in [0.15, 0.2) is 0 Å². The van der Waals surface area contributed by atoms with E-state index < -0.39 is 26.2 Å². The molecule has 0 aromatic rings. The molecule has 0 saturated carbocycles. The van der Waals surface area contributed by atoms with E-state index in [9.17, 15) is 9.59 Å². The van der Waals surface area contributed by atoms with Crippen LogP contribution in [0, 0.1) is 0 Å². The second-order valence-electron chi connectivity index (χ2n) is 5.01. The second-order valence-corrected chi connectivity index (χ2v) is 10.6. The monoisotopic (exact) mass is 259 g/mol. The Morgan fingerprint density at radius 1 is 1.47 bits per heavy atom. The summed E-state index contributed by atoms with van der Waals surface area (Å²) >= 11 is 0. The molecular formula is C11H21NO4Si. The predicted octanol–water partition coefficient (Wildman–Crippen LogP) is 2.08. The third-order valence-electron chi connectivity index (χ3n) is 2.08. The maximum Gasteiger partial charge on any atom is 0.407 e. The van der Waals surface area contributed by atoms with Crippen LogP contribution in [0.4, 0.5) is 4.79 Å². The molecule has 0 aromatic carbocycles. The molecule has 0 radical (unpaired) electrons. The highest BCUT2D eigenvalue weighted by atomic mass is 28.3. The van der Waals surface area contributed by atoms with Gasteiger partial charge in [0, 0.05) is 8.07 Å². The van der Waals surface area contributed by atoms with Gasteiger partial charge >= 0.3 is 12.1 Å². The average Bonchev–Trinajstić information content (AvgIpc) is 2.14. The summed E-state index contributed by atoms with van der Waals surface area (Å²) in [7, 11) is -1.24. The normalized spacial score (nSPS) is 12.6. The lowest BCUT2D eigenvalue weighted by molar-refractivity contribution is -0.139. The molecule has 5 nitrogen and oxygen atoms in total. The van der Waals surface area contributed by atoms with Gasteiger partial charge in [0.2, 0.25) is 0 Å². The van der Waals surface area contributed by atoms with Gasteiger partial charge in [-0.25, -0.2) is 9.59 Å². The largest absolute Gasteiger partial charge is 0.480 e. The van der Waals surface area contributed by atoms with Crippen molar-refractivity contribution in [2.24, 2.45) is 0 Å². The fourth-order valence-electron chi connectivity index (χ4n) is 1.02. The Kier molecular flexibility index (Phi) is 6.56. The number of carbonyl (C=O) groups excluding carboxylic acids is 1. The van der Waals surface area contributed by atoms with Gasteiger partial charge in [0.25, 0.3) is 0 Å². The van der Waals surface area contributed by atoms with E-state index in [0.717, 1.165) is 6.04 Å². The van der Waals surface area contributed by atoms with Crippen LogP contribution in [-0.2, 0) is 9.53 Å². The van der Waals surface area contributed by atoms with Gasteiger partial charge in [-0.15, -0.1) is 6.58 Å². The van der Waals surface area contributed by atoms with Crippen LogP contribution in [-0.4, -0.2) is 37.9 Å². The van der Waals surface area contributed by atoms with Crippen LogP contribution in [0.25, 0.3) is 0 Å². The summed E-state index contributed by atoms with van der Waals surface area (Å²) in [6.07, 6.45) is 0.942. The molecule has 17 heavy (non-hydrogen) atoms.